The Morgan fingerprint density at radius 3 is 2.50 bits per heavy atom. The van der Waals surface area contributed by atoms with E-state index in [4.69, 9.17) is 0 Å². The van der Waals surface area contributed by atoms with Crippen LogP contribution in [0.2, 0.25) is 0 Å². The Kier molecular flexibility index (Phi) is 5.09. The molecule has 1 aromatic rings. The summed E-state index contributed by atoms with van der Waals surface area (Å²) >= 11 is 0. The number of hydrogen-bond acceptors (Lipinski definition) is 4. The average Bonchev–Trinajstić information content (AvgIpc) is 2.42. The minimum atomic E-state index is -0.529. The van der Waals surface area contributed by atoms with E-state index < -0.39 is 6.03 Å². The summed E-state index contributed by atoms with van der Waals surface area (Å²) in [6, 6.07) is 8.41. The molecule has 1 aliphatic heterocycles. The van der Waals surface area contributed by atoms with Gasteiger partial charge in [0.05, 0.1) is 12.6 Å². The van der Waals surface area contributed by atoms with E-state index in [1.54, 1.807) is 24.3 Å². The number of para-hydroxylation sites is 1. The molecule has 0 saturated carbocycles. The third-order valence-electron chi connectivity index (χ3n) is 3.21. The van der Waals surface area contributed by atoms with Gasteiger partial charge in [0.1, 0.15) is 0 Å². The topological polar surface area (TPSA) is 81.7 Å². The number of rotatable bonds is 3. The SMILES string of the molecule is O=C(CN1CCC(O)CC1)NC(=O)Nc1ccccc1. The third kappa shape index (κ3) is 4.64. The van der Waals surface area contributed by atoms with Crippen molar-refractivity contribution >= 4 is 17.6 Å². The highest BCUT2D eigenvalue weighted by Gasteiger charge is 2.19. The lowest BCUT2D eigenvalue weighted by atomic mass is 10.1. The van der Waals surface area contributed by atoms with Gasteiger partial charge in [0.2, 0.25) is 5.91 Å². The molecular weight excluding hydrogens is 258 g/mol. The number of likely N-dealkylation sites (tertiary alicyclic amines) is 1. The molecule has 0 spiro atoms. The average molecular weight is 277 g/mol. The quantitative estimate of drug-likeness (QED) is 0.763. The second kappa shape index (κ2) is 7.02. The minimum Gasteiger partial charge on any atom is -0.393 e. The summed E-state index contributed by atoms with van der Waals surface area (Å²) in [4.78, 5) is 25.3. The summed E-state index contributed by atoms with van der Waals surface area (Å²) in [6.45, 7) is 1.53. The van der Waals surface area contributed by atoms with E-state index >= 15 is 0 Å². The number of urea groups is 1. The summed E-state index contributed by atoms with van der Waals surface area (Å²) in [5.41, 5.74) is 0.638. The zero-order chi connectivity index (χ0) is 14.4. The number of aliphatic hydroxyl groups excluding tert-OH is 1. The van der Waals surface area contributed by atoms with Gasteiger partial charge in [-0.15, -0.1) is 0 Å². The number of anilines is 1. The van der Waals surface area contributed by atoms with Gasteiger partial charge in [-0.05, 0) is 25.0 Å². The molecule has 1 saturated heterocycles. The number of nitrogens with one attached hydrogen (secondary N) is 2. The molecule has 1 aliphatic rings. The first kappa shape index (κ1) is 14.5. The first-order valence-corrected chi connectivity index (χ1v) is 6.70. The number of amides is 3. The van der Waals surface area contributed by atoms with E-state index in [2.05, 4.69) is 10.6 Å². The number of hydrogen-bond donors (Lipinski definition) is 3. The van der Waals surface area contributed by atoms with Crippen LogP contribution in [0.15, 0.2) is 30.3 Å². The zero-order valence-electron chi connectivity index (χ0n) is 11.2. The Morgan fingerprint density at radius 1 is 1.20 bits per heavy atom. The van der Waals surface area contributed by atoms with Crippen molar-refractivity contribution < 1.29 is 14.7 Å². The number of nitrogens with zero attached hydrogens (tertiary/aromatic N) is 1. The van der Waals surface area contributed by atoms with Crippen LogP contribution in [0.25, 0.3) is 0 Å². The molecule has 0 unspecified atom stereocenters. The van der Waals surface area contributed by atoms with Gasteiger partial charge in [-0.25, -0.2) is 4.79 Å². The summed E-state index contributed by atoms with van der Waals surface area (Å²) in [5, 5.41) is 14.3. The highest BCUT2D eigenvalue weighted by molar-refractivity contribution is 6.01. The van der Waals surface area contributed by atoms with Gasteiger partial charge in [0.25, 0.3) is 0 Å². The van der Waals surface area contributed by atoms with Crippen LogP contribution in [0.4, 0.5) is 10.5 Å². The number of carbonyl (C=O) groups excluding carboxylic acids is 2. The van der Waals surface area contributed by atoms with E-state index in [-0.39, 0.29) is 18.6 Å². The van der Waals surface area contributed by atoms with Crippen LogP contribution in [-0.4, -0.2) is 47.7 Å². The number of imide groups is 1. The molecule has 3 amide bonds. The number of carbonyl (C=O) groups is 2. The summed E-state index contributed by atoms with van der Waals surface area (Å²) in [5.74, 6) is -0.338. The fraction of sp³-hybridized carbons (Fsp3) is 0.429. The molecule has 1 heterocycles. The van der Waals surface area contributed by atoms with Crippen molar-refractivity contribution in [3.63, 3.8) is 0 Å². The van der Waals surface area contributed by atoms with E-state index in [1.165, 1.54) is 0 Å². The largest absolute Gasteiger partial charge is 0.393 e. The first-order chi connectivity index (χ1) is 9.63. The summed E-state index contributed by atoms with van der Waals surface area (Å²) < 4.78 is 0. The van der Waals surface area contributed by atoms with E-state index in [0.29, 0.717) is 31.6 Å². The second-order valence-electron chi connectivity index (χ2n) is 4.88. The third-order valence-corrected chi connectivity index (χ3v) is 3.21. The maximum Gasteiger partial charge on any atom is 0.325 e. The van der Waals surface area contributed by atoms with Crippen molar-refractivity contribution in [2.75, 3.05) is 25.0 Å². The van der Waals surface area contributed by atoms with Crippen LogP contribution in [-0.2, 0) is 4.79 Å². The Labute approximate surface area is 117 Å². The van der Waals surface area contributed by atoms with Gasteiger partial charge in [0.15, 0.2) is 0 Å². The van der Waals surface area contributed by atoms with Crippen molar-refractivity contribution in [2.45, 2.75) is 18.9 Å². The molecule has 6 heteroatoms. The van der Waals surface area contributed by atoms with Crippen LogP contribution in [0.3, 0.4) is 0 Å². The molecule has 0 radical (unpaired) electrons. The van der Waals surface area contributed by atoms with Gasteiger partial charge < -0.3 is 10.4 Å². The minimum absolute atomic E-state index is 0.176. The molecular formula is C14H19N3O3. The molecule has 108 valence electrons. The predicted molar refractivity (Wildman–Crippen MR) is 75.3 cm³/mol. The lowest BCUT2D eigenvalue weighted by Crippen LogP contribution is -2.45. The number of benzene rings is 1. The molecule has 0 aliphatic carbocycles. The van der Waals surface area contributed by atoms with Crippen LogP contribution < -0.4 is 10.6 Å². The Balaban J connectivity index is 1.72. The van der Waals surface area contributed by atoms with Gasteiger partial charge >= 0.3 is 6.03 Å². The van der Waals surface area contributed by atoms with E-state index in [9.17, 15) is 14.7 Å². The van der Waals surface area contributed by atoms with E-state index in [1.807, 2.05) is 11.0 Å². The van der Waals surface area contributed by atoms with Crippen LogP contribution in [0.5, 0.6) is 0 Å². The normalized spacial score (nSPS) is 16.6. The highest BCUT2D eigenvalue weighted by atomic mass is 16.3. The number of piperidine rings is 1. The Bertz CT molecular complexity index is 456. The Hall–Kier alpha value is -1.92. The summed E-state index contributed by atoms with van der Waals surface area (Å²) in [7, 11) is 0. The maximum atomic E-state index is 11.7. The maximum absolute atomic E-state index is 11.7. The second-order valence-corrected chi connectivity index (χ2v) is 4.88. The molecule has 2 rings (SSSR count). The fourth-order valence-corrected chi connectivity index (χ4v) is 2.13. The van der Waals surface area contributed by atoms with Crippen LogP contribution >= 0.6 is 0 Å². The van der Waals surface area contributed by atoms with Crippen LogP contribution in [0.1, 0.15) is 12.8 Å². The van der Waals surface area contributed by atoms with Crippen LogP contribution in [0, 0.1) is 0 Å². The van der Waals surface area contributed by atoms with Gasteiger partial charge in [0, 0.05) is 18.8 Å². The monoisotopic (exact) mass is 277 g/mol. The smallest absolute Gasteiger partial charge is 0.325 e. The summed E-state index contributed by atoms with van der Waals surface area (Å²) in [6.07, 6.45) is 1.07. The molecule has 6 nitrogen and oxygen atoms in total. The Morgan fingerprint density at radius 2 is 1.85 bits per heavy atom. The zero-order valence-corrected chi connectivity index (χ0v) is 11.2. The first-order valence-electron chi connectivity index (χ1n) is 6.70. The molecule has 20 heavy (non-hydrogen) atoms. The standard InChI is InChI=1S/C14H19N3O3/c18-12-6-8-17(9-7-12)10-13(19)16-14(20)15-11-4-2-1-3-5-11/h1-5,12,18H,6-10H2,(H2,15,16,19,20). The van der Waals surface area contributed by atoms with Crippen molar-refractivity contribution in [3.8, 4) is 0 Å². The highest BCUT2D eigenvalue weighted by Crippen LogP contribution is 2.09. The fourth-order valence-electron chi connectivity index (χ4n) is 2.13. The van der Waals surface area contributed by atoms with Crippen molar-refractivity contribution in [3.05, 3.63) is 30.3 Å². The lowest BCUT2D eigenvalue weighted by Gasteiger charge is -2.28. The van der Waals surface area contributed by atoms with Gasteiger partial charge in [-0.2, -0.15) is 0 Å². The van der Waals surface area contributed by atoms with Crippen molar-refractivity contribution in [1.29, 1.82) is 0 Å². The van der Waals surface area contributed by atoms with E-state index in [0.717, 1.165) is 0 Å². The molecule has 1 fully saturated rings. The molecule has 0 aromatic heterocycles. The van der Waals surface area contributed by atoms with Gasteiger partial charge in [-0.1, -0.05) is 18.2 Å². The molecule has 0 bridgehead atoms. The molecule has 3 N–H and O–H groups in total. The number of aliphatic hydroxyl groups is 1. The van der Waals surface area contributed by atoms with Gasteiger partial charge in [-0.3, -0.25) is 15.0 Å². The molecule has 1 aromatic carbocycles. The molecule has 0 atom stereocenters. The van der Waals surface area contributed by atoms with Crippen molar-refractivity contribution in [2.24, 2.45) is 0 Å². The van der Waals surface area contributed by atoms with Crippen molar-refractivity contribution in [1.82, 2.24) is 10.2 Å². The predicted octanol–water partition coefficient (Wildman–Crippen LogP) is 0.791. The lowest BCUT2D eigenvalue weighted by molar-refractivity contribution is -0.121.